The van der Waals surface area contributed by atoms with Gasteiger partial charge in [-0.3, -0.25) is 4.79 Å². The van der Waals surface area contributed by atoms with Crippen LogP contribution in [0.2, 0.25) is 0 Å². The zero-order valence-corrected chi connectivity index (χ0v) is 14.5. The molecule has 0 aromatic heterocycles. The molecule has 0 bridgehead atoms. The third-order valence-corrected chi connectivity index (χ3v) is 4.94. The molecule has 0 aliphatic rings. The number of methoxy groups -OCH3 is 1. The van der Waals surface area contributed by atoms with Gasteiger partial charge in [0, 0.05) is 6.04 Å². The fourth-order valence-corrected chi connectivity index (χ4v) is 3.13. The van der Waals surface area contributed by atoms with E-state index < -0.39 is 16.1 Å². The summed E-state index contributed by atoms with van der Waals surface area (Å²) in [6.07, 6.45) is 0.781. The predicted molar refractivity (Wildman–Crippen MR) is 85.4 cm³/mol. The molecule has 0 saturated heterocycles. The van der Waals surface area contributed by atoms with Crippen LogP contribution in [0.15, 0.2) is 23.1 Å². The number of nitrogens with one attached hydrogen (secondary N) is 2. The molecule has 0 aliphatic heterocycles. The molecule has 2 atom stereocenters. The molecular formula is C15H24N2O4S. The topological polar surface area (TPSA) is 84.5 Å². The van der Waals surface area contributed by atoms with Gasteiger partial charge in [0.2, 0.25) is 15.9 Å². The molecular weight excluding hydrogens is 304 g/mol. The Hall–Kier alpha value is -1.60. The lowest BCUT2D eigenvalue weighted by Gasteiger charge is -2.18. The number of ether oxygens (including phenoxy) is 1. The lowest BCUT2D eigenvalue weighted by Crippen LogP contribution is -2.47. The highest BCUT2D eigenvalue weighted by molar-refractivity contribution is 7.89. The minimum Gasteiger partial charge on any atom is -0.496 e. The molecule has 0 heterocycles. The number of carbonyl (C=O) groups excluding carboxylic acids is 1. The molecule has 1 aromatic carbocycles. The number of rotatable bonds is 7. The summed E-state index contributed by atoms with van der Waals surface area (Å²) in [7, 11) is -2.24. The first-order valence-corrected chi connectivity index (χ1v) is 8.67. The molecule has 0 aliphatic carbocycles. The van der Waals surface area contributed by atoms with E-state index in [0.717, 1.165) is 6.42 Å². The Morgan fingerprint density at radius 1 is 1.32 bits per heavy atom. The second kappa shape index (κ2) is 7.60. The average Bonchev–Trinajstić information content (AvgIpc) is 2.46. The molecule has 0 spiro atoms. The normalized spacial score (nSPS) is 14.2. The van der Waals surface area contributed by atoms with Gasteiger partial charge in [-0.25, -0.2) is 8.42 Å². The van der Waals surface area contributed by atoms with Crippen LogP contribution in [0.1, 0.15) is 32.8 Å². The first kappa shape index (κ1) is 18.4. The molecule has 1 rings (SSSR count). The van der Waals surface area contributed by atoms with Crippen LogP contribution >= 0.6 is 0 Å². The number of hydrogen-bond donors (Lipinski definition) is 2. The summed E-state index contributed by atoms with van der Waals surface area (Å²) >= 11 is 0. The first-order valence-electron chi connectivity index (χ1n) is 7.18. The summed E-state index contributed by atoms with van der Waals surface area (Å²) in [5, 5.41) is 2.75. The Morgan fingerprint density at radius 3 is 2.45 bits per heavy atom. The molecule has 1 aromatic rings. The van der Waals surface area contributed by atoms with Gasteiger partial charge in [-0.05, 0) is 51.0 Å². The predicted octanol–water partition coefficient (Wildman–Crippen LogP) is 1.59. The maximum atomic E-state index is 12.3. The van der Waals surface area contributed by atoms with Gasteiger partial charge in [-0.2, -0.15) is 4.72 Å². The van der Waals surface area contributed by atoms with Gasteiger partial charge in [0.1, 0.15) is 5.75 Å². The molecule has 1 amide bonds. The maximum absolute atomic E-state index is 12.3. The van der Waals surface area contributed by atoms with E-state index in [1.54, 1.807) is 13.0 Å². The Morgan fingerprint density at radius 2 is 1.95 bits per heavy atom. The molecule has 2 N–H and O–H groups in total. The second-order valence-corrected chi connectivity index (χ2v) is 7.01. The number of hydrogen-bond acceptors (Lipinski definition) is 4. The van der Waals surface area contributed by atoms with Crippen molar-refractivity contribution in [3.05, 3.63) is 23.8 Å². The van der Waals surface area contributed by atoms with Crippen molar-refractivity contribution in [1.82, 2.24) is 10.0 Å². The number of sulfonamides is 1. The number of amides is 1. The third kappa shape index (κ3) is 4.71. The van der Waals surface area contributed by atoms with E-state index in [4.69, 9.17) is 4.74 Å². The van der Waals surface area contributed by atoms with Gasteiger partial charge in [0.05, 0.1) is 18.0 Å². The third-order valence-electron chi connectivity index (χ3n) is 3.40. The molecule has 0 unspecified atom stereocenters. The van der Waals surface area contributed by atoms with Crippen molar-refractivity contribution >= 4 is 15.9 Å². The zero-order valence-electron chi connectivity index (χ0n) is 13.6. The molecule has 6 nitrogen and oxygen atoms in total. The van der Waals surface area contributed by atoms with Gasteiger partial charge < -0.3 is 10.1 Å². The largest absolute Gasteiger partial charge is 0.496 e. The quantitative estimate of drug-likeness (QED) is 0.796. The van der Waals surface area contributed by atoms with Crippen LogP contribution < -0.4 is 14.8 Å². The van der Waals surface area contributed by atoms with Crippen molar-refractivity contribution in [2.45, 2.75) is 51.1 Å². The summed E-state index contributed by atoms with van der Waals surface area (Å²) < 4.78 is 32.1. The number of aryl methyl sites for hydroxylation is 1. The zero-order chi connectivity index (χ0) is 16.9. The first-order chi connectivity index (χ1) is 10.2. The van der Waals surface area contributed by atoms with E-state index in [2.05, 4.69) is 10.0 Å². The highest BCUT2D eigenvalue weighted by Crippen LogP contribution is 2.21. The maximum Gasteiger partial charge on any atom is 0.241 e. The minimum atomic E-state index is -3.76. The SMILES string of the molecule is CC[C@@H](C)NC(=O)[C@H](C)NS(=O)(=O)c1ccc(OC)c(C)c1. The Labute approximate surface area is 132 Å². The van der Waals surface area contributed by atoms with Gasteiger partial charge in [0.15, 0.2) is 0 Å². The number of carbonyl (C=O) groups is 1. The van der Waals surface area contributed by atoms with E-state index in [-0.39, 0.29) is 16.8 Å². The van der Waals surface area contributed by atoms with Crippen molar-refractivity contribution in [2.24, 2.45) is 0 Å². The molecule has 0 radical (unpaired) electrons. The van der Waals surface area contributed by atoms with E-state index in [0.29, 0.717) is 11.3 Å². The van der Waals surface area contributed by atoms with E-state index in [1.165, 1.54) is 26.2 Å². The summed E-state index contributed by atoms with van der Waals surface area (Å²) in [4.78, 5) is 12.0. The van der Waals surface area contributed by atoms with Crippen LogP contribution in [0.4, 0.5) is 0 Å². The van der Waals surface area contributed by atoms with Crippen LogP contribution in [0.25, 0.3) is 0 Å². The highest BCUT2D eigenvalue weighted by Gasteiger charge is 2.23. The summed E-state index contributed by atoms with van der Waals surface area (Å²) in [5.74, 6) is 0.268. The monoisotopic (exact) mass is 328 g/mol. The van der Waals surface area contributed by atoms with Crippen molar-refractivity contribution in [3.63, 3.8) is 0 Å². The van der Waals surface area contributed by atoms with E-state index >= 15 is 0 Å². The summed E-state index contributed by atoms with van der Waals surface area (Å²) in [5.41, 5.74) is 0.710. The summed E-state index contributed by atoms with van der Waals surface area (Å²) in [6.45, 7) is 7.09. The van der Waals surface area contributed by atoms with Crippen LogP contribution in [0.5, 0.6) is 5.75 Å². The smallest absolute Gasteiger partial charge is 0.241 e. The van der Waals surface area contributed by atoms with Crippen molar-refractivity contribution in [2.75, 3.05) is 7.11 Å². The second-order valence-electron chi connectivity index (χ2n) is 5.29. The Balaban J connectivity index is 2.87. The van der Waals surface area contributed by atoms with E-state index in [9.17, 15) is 13.2 Å². The standard InChI is InChI=1S/C15H24N2O4S/c1-6-11(3)16-15(18)12(4)17-22(19,20)13-7-8-14(21-5)10(2)9-13/h7-9,11-12,17H,6H2,1-5H3,(H,16,18)/t11-,12+/m1/s1. The van der Waals surface area contributed by atoms with Crippen LogP contribution in [0, 0.1) is 6.92 Å². The molecule has 0 fully saturated rings. The van der Waals surface area contributed by atoms with E-state index in [1.807, 2.05) is 13.8 Å². The van der Waals surface area contributed by atoms with Crippen molar-refractivity contribution < 1.29 is 17.9 Å². The fourth-order valence-electron chi connectivity index (χ4n) is 1.84. The lowest BCUT2D eigenvalue weighted by atomic mass is 10.2. The molecule has 0 saturated carbocycles. The molecule has 7 heteroatoms. The van der Waals surface area contributed by atoms with Crippen LogP contribution in [-0.4, -0.2) is 33.5 Å². The number of benzene rings is 1. The average molecular weight is 328 g/mol. The minimum absolute atomic E-state index is 0.00249. The summed E-state index contributed by atoms with van der Waals surface area (Å²) in [6, 6.07) is 3.71. The molecule has 124 valence electrons. The van der Waals surface area contributed by atoms with Crippen LogP contribution in [0.3, 0.4) is 0 Å². The fraction of sp³-hybridized carbons (Fsp3) is 0.533. The molecule has 22 heavy (non-hydrogen) atoms. The van der Waals surface area contributed by atoms with Crippen molar-refractivity contribution in [3.8, 4) is 5.75 Å². The highest BCUT2D eigenvalue weighted by atomic mass is 32.2. The van der Waals surface area contributed by atoms with Gasteiger partial charge in [-0.15, -0.1) is 0 Å². The van der Waals surface area contributed by atoms with Gasteiger partial charge in [0.25, 0.3) is 0 Å². The van der Waals surface area contributed by atoms with Crippen LogP contribution in [-0.2, 0) is 14.8 Å². The van der Waals surface area contributed by atoms with Crippen molar-refractivity contribution in [1.29, 1.82) is 0 Å². The Bertz CT molecular complexity index is 628. The van der Waals surface area contributed by atoms with Gasteiger partial charge >= 0.3 is 0 Å². The van der Waals surface area contributed by atoms with Gasteiger partial charge in [-0.1, -0.05) is 6.92 Å². The lowest BCUT2D eigenvalue weighted by molar-refractivity contribution is -0.122. The Kier molecular flexibility index (Phi) is 6.37.